The molecule has 140 valence electrons. The Labute approximate surface area is 159 Å². The topological polar surface area (TPSA) is 58.6 Å². The summed E-state index contributed by atoms with van der Waals surface area (Å²) < 4.78 is 5.19. The van der Waals surface area contributed by atoms with Crippen LogP contribution in [-0.2, 0) is 9.59 Å². The number of carbonyl (C=O) groups excluding carboxylic acids is 2. The lowest BCUT2D eigenvalue weighted by molar-refractivity contribution is -0.130. The summed E-state index contributed by atoms with van der Waals surface area (Å²) in [7, 11) is 1.62. The quantitative estimate of drug-likeness (QED) is 0.825. The van der Waals surface area contributed by atoms with Crippen molar-refractivity contribution in [3.8, 4) is 5.75 Å². The Bertz CT molecular complexity index is 809. The highest BCUT2D eigenvalue weighted by Gasteiger charge is 2.26. The molecule has 1 fully saturated rings. The third kappa shape index (κ3) is 5.20. The van der Waals surface area contributed by atoms with Gasteiger partial charge in [-0.1, -0.05) is 30.3 Å². The fraction of sp³-hybridized carbons (Fsp3) is 0.273. The van der Waals surface area contributed by atoms with E-state index in [1.807, 2.05) is 54.6 Å². The molecule has 0 bridgehead atoms. The summed E-state index contributed by atoms with van der Waals surface area (Å²) in [4.78, 5) is 26.6. The third-order valence-electron chi connectivity index (χ3n) is 4.73. The van der Waals surface area contributed by atoms with Crippen LogP contribution in [0.15, 0.2) is 60.7 Å². The smallest absolute Gasteiger partial charge is 0.246 e. The summed E-state index contributed by atoms with van der Waals surface area (Å²) in [6.45, 7) is 1.18. The van der Waals surface area contributed by atoms with Gasteiger partial charge in [-0.15, -0.1) is 0 Å². The number of piperidine rings is 1. The van der Waals surface area contributed by atoms with Gasteiger partial charge in [0, 0.05) is 30.8 Å². The second-order valence-corrected chi connectivity index (χ2v) is 6.56. The average Bonchev–Trinajstić information content (AvgIpc) is 2.73. The molecule has 27 heavy (non-hydrogen) atoms. The molecule has 0 aliphatic carbocycles. The standard InChI is InChI=1S/C22H24N2O3/c1-27-20-9-5-6-17(16-20)10-11-21(25)24-14-12-18(13-15-24)22(26)23-19-7-3-2-4-8-19/h2-11,16,18H,12-15H2,1H3,(H,23,26)/b11-10+. The molecular weight excluding hydrogens is 340 g/mol. The van der Waals surface area contributed by atoms with Gasteiger partial charge in [0.1, 0.15) is 5.75 Å². The molecule has 2 aromatic rings. The van der Waals surface area contributed by atoms with Gasteiger partial charge in [0.05, 0.1) is 7.11 Å². The summed E-state index contributed by atoms with van der Waals surface area (Å²) in [6, 6.07) is 17.0. The number of rotatable bonds is 5. The number of nitrogens with zero attached hydrogens (tertiary/aromatic N) is 1. The zero-order valence-electron chi connectivity index (χ0n) is 15.4. The van der Waals surface area contributed by atoms with Crippen molar-refractivity contribution in [1.82, 2.24) is 4.90 Å². The maximum Gasteiger partial charge on any atom is 0.246 e. The van der Waals surface area contributed by atoms with Crippen LogP contribution in [0.2, 0.25) is 0 Å². The van der Waals surface area contributed by atoms with Crippen molar-refractivity contribution < 1.29 is 14.3 Å². The normalized spacial score (nSPS) is 14.9. The monoisotopic (exact) mass is 364 g/mol. The maximum absolute atomic E-state index is 12.4. The molecule has 0 radical (unpaired) electrons. The Morgan fingerprint density at radius 3 is 2.52 bits per heavy atom. The largest absolute Gasteiger partial charge is 0.497 e. The number of para-hydroxylation sites is 1. The van der Waals surface area contributed by atoms with Gasteiger partial charge < -0.3 is 15.0 Å². The van der Waals surface area contributed by atoms with Gasteiger partial charge in [-0.25, -0.2) is 0 Å². The van der Waals surface area contributed by atoms with Crippen LogP contribution in [0.4, 0.5) is 5.69 Å². The van der Waals surface area contributed by atoms with Crippen molar-refractivity contribution in [2.45, 2.75) is 12.8 Å². The Balaban J connectivity index is 1.50. The number of benzene rings is 2. The maximum atomic E-state index is 12.4. The first kappa shape index (κ1) is 18.7. The first-order chi connectivity index (χ1) is 13.2. The van der Waals surface area contributed by atoms with Crippen LogP contribution in [0.5, 0.6) is 5.75 Å². The minimum atomic E-state index is -0.0587. The molecule has 5 nitrogen and oxygen atoms in total. The number of methoxy groups -OCH3 is 1. The van der Waals surface area contributed by atoms with E-state index in [2.05, 4.69) is 5.32 Å². The molecule has 0 spiro atoms. The lowest BCUT2D eigenvalue weighted by Gasteiger charge is -2.30. The lowest BCUT2D eigenvalue weighted by atomic mass is 9.95. The number of amides is 2. The first-order valence-corrected chi connectivity index (χ1v) is 9.12. The minimum absolute atomic E-state index is 0.0280. The number of likely N-dealkylation sites (tertiary alicyclic amines) is 1. The Kier molecular flexibility index (Phi) is 6.26. The number of nitrogens with one attached hydrogen (secondary N) is 1. The molecule has 2 aromatic carbocycles. The number of carbonyl (C=O) groups is 2. The van der Waals surface area contributed by atoms with Gasteiger partial charge in [-0.3, -0.25) is 9.59 Å². The second-order valence-electron chi connectivity index (χ2n) is 6.56. The van der Waals surface area contributed by atoms with E-state index in [0.29, 0.717) is 25.9 Å². The van der Waals surface area contributed by atoms with Crippen LogP contribution >= 0.6 is 0 Å². The summed E-state index contributed by atoms with van der Waals surface area (Å²) >= 11 is 0. The van der Waals surface area contributed by atoms with Crippen molar-refractivity contribution in [3.63, 3.8) is 0 Å². The molecule has 1 aliphatic rings. The van der Waals surface area contributed by atoms with Crippen molar-refractivity contribution >= 4 is 23.6 Å². The summed E-state index contributed by atoms with van der Waals surface area (Å²) in [6.07, 6.45) is 4.73. The van der Waals surface area contributed by atoms with E-state index in [1.165, 1.54) is 0 Å². The first-order valence-electron chi connectivity index (χ1n) is 9.12. The van der Waals surface area contributed by atoms with Gasteiger partial charge in [-0.05, 0) is 48.7 Å². The molecular formula is C22H24N2O3. The Morgan fingerprint density at radius 2 is 1.81 bits per heavy atom. The summed E-state index contributed by atoms with van der Waals surface area (Å²) in [5.74, 6) is 0.700. The lowest BCUT2D eigenvalue weighted by Crippen LogP contribution is -2.40. The van der Waals surface area contributed by atoms with Crippen LogP contribution < -0.4 is 10.1 Å². The van der Waals surface area contributed by atoms with Crippen molar-refractivity contribution in [2.75, 3.05) is 25.5 Å². The number of hydrogen-bond acceptors (Lipinski definition) is 3. The number of anilines is 1. The van der Waals surface area contributed by atoms with Crippen LogP contribution in [0, 0.1) is 5.92 Å². The molecule has 1 saturated heterocycles. The summed E-state index contributed by atoms with van der Waals surface area (Å²) in [5, 5.41) is 2.94. The molecule has 0 atom stereocenters. The molecule has 1 heterocycles. The molecule has 5 heteroatoms. The molecule has 0 aromatic heterocycles. The van der Waals surface area contributed by atoms with Crippen molar-refractivity contribution in [1.29, 1.82) is 0 Å². The molecule has 3 rings (SSSR count). The van der Waals surface area contributed by atoms with Crippen LogP contribution in [0.25, 0.3) is 6.08 Å². The van der Waals surface area contributed by atoms with E-state index in [9.17, 15) is 9.59 Å². The number of ether oxygens (including phenoxy) is 1. The van der Waals surface area contributed by atoms with Gasteiger partial charge in [0.25, 0.3) is 0 Å². The molecule has 1 N–H and O–H groups in total. The zero-order valence-corrected chi connectivity index (χ0v) is 15.4. The summed E-state index contributed by atoms with van der Waals surface area (Å²) in [5.41, 5.74) is 1.72. The van der Waals surface area contributed by atoms with Gasteiger partial charge >= 0.3 is 0 Å². The number of hydrogen-bond donors (Lipinski definition) is 1. The minimum Gasteiger partial charge on any atom is -0.497 e. The molecule has 2 amide bonds. The van der Waals surface area contributed by atoms with Crippen molar-refractivity contribution in [3.05, 3.63) is 66.2 Å². The Hall–Kier alpha value is -3.08. The van der Waals surface area contributed by atoms with Crippen LogP contribution in [0.3, 0.4) is 0 Å². The Morgan fingerprint density at radius 1 is 1.07 bits per heavy atom. The average molecular weight is 364 g/mol. The predicted octanol–water partition coefficient (Wildman–Crippen LogP) is 3.59. The van der Waals surface area contributed by atoms with E-state index in [0.717, 1.165) is 17.0 Å². The predicted molar refractivity (Wildman–Crippen MR) is 106 cm³/mol. The van der Waals surface area contributed by atoms with Crippen molar-refractivity contribution in [2.24, 2.45) is 5.92 Å². The fourth-order valence-electron chi connectivity index (χ4n) is 3.15. The second kappa shape index (κ2) is 9.03. The highest BCUT2D eigenvalue weighted by Crippen LogP contribution is 2.20. The molecule has 1 aliphatic heterocycles. The van der Waals surface area contributed by atoms with Crippen LogP contribution in [-0.4, -0.2) is 36.9 Å². The zero-order chi connectivity index (χ0) is 19.1. The van der Waals surface area contributed by atoms with Gasteiger partial charge in [0.15, 0.2) is 0 Å². The SMILES string of the molecule is COc1cccc(/C=C/C(=O)N2CCC(C(=O)Nc3ccccc3)CC2)c1. The van der Waals surface area contributed by atoms with E-state index in [4.69, 9.17) is 4.74 Å². The van der Waals surface area contributed by atoms with E-state index >= 15 is 0 Å². The highest BCUT2D eigenvalue weighted by molar-refractivity contribution is 5.94. The van der Waals surface area contributed by atoms with Gasteiger partial charge in [-0.2, -0.15) is 0 Å². The fourth-order valence-corrected chi connectivity index (χ4v) is 3.15. The molecule has 0 saturated carbocycles. The third-order valence-corrected chi connectivity index (χ3v) is 4.73. The van der Waals surface area contributed by atoms with E-state index in [1.54, 1.807) is 24.2 Å². The highest BCUT2D eigenvalue weighted by atomic mass is 16.5. The van der Waals surface area contributed by atoms with E-state index in [-0.39, 0.29) is 17.7 Å². The van der Waals surface area contributed by atoms with Crippen LogP contribution in [0.1, 0.15) is 18.4 Å². The van der Waals surface area contributed by atoms with E-state index < -0.39 is 0 Å². The molecule has 0 unspecified atom stereocenters. The van der Waals surface area contributed by atoms with Gasteiger partial charge in [0.2, 0.25) is 11.8 Å².